The third-order valence-corrected chi connectivity index (χ3v) is 3.46. The van der Waals surface area contributed by atoms with E-state index in [4.69, 9.17) is 0 Å². The summed E-state index contributed by atoms with van der Waals surface area (Å²) in [6.45, 7) is 8.60. The summed E-state index contributed by atoms with van der Waals surface area (Å²) in [5.41, 5.74) is 5.78. The summed E-state index contributed by atoms with van der Waals surface area (Å²) in [5.74, 6) is 0.364. The predicted octanol–water partition coefficient (Wildman–Crippen LogP) is 3.47. The molecular weight excluding hydrogens is 288 g/mol. The highest BCUT2D eigenvalue weighted by atomic mass is 16.1. The summed E-state index contributed by atoms with van der Waals surface area (Å²) in [4.78, 5) is 18.5. The molecule has 2 rings (SSSR count). The lowest BCUT2D eigenvalue weighted by molar-refractivity contribution is 0.590. The van der Waals surface area contributed by atoms with Crippen LogP contribution in [0.1, 0.15) is 50.9 Å². The maximum Gasteiger partial charge on any atom is 0.252 e. The Morgan fingerprint density at radius 3 is 2.57 bits per heavy atom. The maximum atomic E-state index is 11.6. The molecule has 5 nitrogen and oxygen atoms in total. The largest absolute Gasteiger partial charge is 0.291 e. The van der Waals surface area contributed by atoms with Gasteiger partial charge in [0.1, 0.15) is 0 Å². The topological polar surface area (TPSA) is 70.1 Å². The number of aromatic amines is 1. The van der Waals surface area contributed by atoms with Gasteiger partial charge in [-0.15, -0.1) is 0 Å². The number of aromatic nitrogens is 2. The van der Waals surface area contributed by atoms with E-state index in [9.17, 15) is 4.79 Å². The molecule has 0 saturated heterocycles. The molecule has 0 aliphatic carbocycles. The average Bonchev–Trinajstić information content (AvgIpc) is 2.46. The fraction of sp³-hybridized carbons (Fsp3) is 0.389. The van der Waals surface area contributed by atoms with Crippen molar-refractivity contribution in [2.45, 2.75) is 46.0 Å². The molecule has 0 saturated carbocycles. The summed E-state index contributed by atoms with van der Waals surface area (Å²) in [7, 11) is 0. The zero-order chi connectivity index (χ0) is 16.9. The first-order valence-electron chi connectivity index (χ1n) is 7.88. The van der Waals surface area contributed by atoms with E-state index in [1.807, 2.05) is 12.1 Å². The number of anilines is 1. The fourth-order valence-corrected chi connectivity index (χ4v) is 2.18. The minimum atomic E-state index is -0.171. The van der Waals surface area contributed by atoms with Gasteiger partial charge in [-0.05, 0) is 23.0 Å². The summed E-state index contributed by atoms with van der Waals surface area (Å²) in [5, 5.41) is 4.14. The van der Waals surface area contributed by atoms with E-state index in [2.05, 4.69) is 60.3 Å². The Balaban J connectivity index is 2.05. The molecule has 0 atom stereocenters. The van der Waals surface area contributed by atoms with Gasteiger partial charge in [0.2, 0.25) is 5.95 Å². The van der Waals surface area contributed by atoms with Crippen molar-refractivity contribution < 1.29 is 0 Å². The lowest BCUT2D eigenvalue weighted by Gasteiger charge is -2.18. The number of H-pyrrole nitrogens is 1. The second-order valence-electron chi connectivity index (χ2n) is 6.58. The molecular formula is C18H24N4O. The summed E-state index contributed by atoms with van der Waals surface area (Å²) in [6.07, 6.45) is 3.43. The third-order valence-electron chi connectivity index (χ3n) is 3.46. The van der Waals surface area contributed by atoms with Crippen molar-refractivity contribution in [2.24, 2.45) is 5.10 Å². The van der Waals surface area contributed by atoms with Crippen LogP contribution in [0.3, 0.4) is 0 Å². The Hall–Kier alpha value is -2.43. The van der Waals surface area contributed by atoms with Crippen molar-refractivity contribution in [3.05, 3.63) is 57.5 Å². The van der Waals surface area contributed by atoms with Crippen LogP contribution in [0.25, 0.3) is 0 Å². The number of nitrogens with one attached hydrogen (secondary N) is 2. The molecule has 5 heteroatoms. The van der Waals surface area contributed by atoms with Crippen molar-refractivity contribution in [1.82, 2.24) is 9.97 Å². The lowest BCUT2D eigenvalue weighted by atomic mass is 9.87. The van der Waals surface area contributed by atoms with Crippen LogP contribution in [0.4, 0.5) is 5.95 Å². The number of aryl methyl sites for hydroxylation is 1. The van der Waals surface area contributed by atoms with Crippen LogP contribution >= 0.6 is 0 Å². The normalized spacial score (nSPS) is 11.8. The number of benzene rings is 1. The van der Waals surface area contributed by atoms with Crippen LogP contribution in [0.5, 0.6) is 0 Å². The van der Waals surface area contributed by atoms with Gasteiger partial charge in [0, 0.05) is 11.8 Å². The van der Waals surface area contributed by atoms with Crippen LogP contribution in [-0.4, -0.2) is 16.2 Å². The molecule has 0 aliphatic rings. The summed E-state index contributed by atoms with van der Waals surface area (Å²) < 4.78 is 0. The van der Waals surface area contributed by atoms with Gasteiger partial charge in [-0.2, -0.15) is 5.10 Å². The van der Waals surface area contributed by atoms with Crippen molar-refractivity contribution in [3.63, 3.8) is 0 Å². The lowest BCUT2D eigenvalue weighted by Crippen LogP contribution is -2.12. The van der Waals surface area contributed by atoms with Crippen molar-refractivity contribution in [1.29, 1.82) is 0 Å². The first-order chi connectivity index (χ1) is 10.9. The molecule has 0 aliphatic heterocycles. The molecule has 0 radical (unpaired) electrons. The molecule has 0 amide bonds. The second kappa shape index (κ2) is 7.22. The molecule has 0 fully saturated rings. The van der Waals surface area contributed by atoms with Crippen molar-refractivity contribution in [3.8, 4) is 0 Å². The number of nitrogens with zero attached hydrogens (tertiary/aromatic N) is 2. The van der Waals surface area contributed by atoms with E-state index in [0.717, 1.165) is 24.1 Å². The molecule has 2 aromatic rings. The first kappa shape index (κ1) is 16.9. The second-order valence-corrected chi connectivity index (χ2v) is 6.58. The molecule has 1 aromatic heterocycles. The Bertz CT molecular complexity index is 724. The van der Waals surface area contributed by atoms with Crippen molar-refractivity contribution >= 4 is 12.2 Å². The zero-order valence-corrected chi connectivity index (χ0v) is 14.2. The molecule has 122 valence electrons. The maximum absolute atomic E-state index is 11.6. The van der Waals surface area contributed by atoms with Gasteiger partial charge in [0.05, 0.1) is 6.21 Å². The van der Waals surface area contributed by atoms with Gasteiger partial charge in [-0.1, -0.05) is 58.4 Å². The third kappa shape index (κ3) is 5.06. The van der Waals surface area contributed by atoms with Crippen LogP contribution in [-0.2, 0) is 11.8 Å². The SMILES string of the molecule is CCCc1cc(=O)[nH]c(N/N=C/c2ccc(C(C)(C)C)cc2)n1. The quantitative estimate of drug-likeness (QED) is 0.656. The minimum Gasteiger partial charge on any atom is -0.291 e. The number of hydrogen-bond acceptors (Lipinski definition) is 4. The molecule has 1 aromatic carbocycles. The van der Waals surface area contributed by atoms with Gasteiger partial charge in [0.25, 0.3) is 5.56 Å². The van der Waals surface area contributed by atoms with Gasteiger partial charge in [-0.25, -0.2) is 10.4 Å². The standard InChI is InChI=1S/C18H24N4O/c1-5-6-15-11-16(23)21-17(20-15)22-19-12-13-7-9-14(10-8-13)18(2,3)4/h7-12H,5-6H2,1-4H3,(H2,20,21,22,23)/b19-12+. The molecule has 1 heterocycles. The van der Waals surface area contributed by atoms with Crippen LogP contribution < -0.4 is 11.0 Å². The Morgan fingerprint density at radius 1 is 1.26 bits per heavy atom. The Morgan fingerprint density at radius 2 is 1.96 bits per heavy atom. The smallest absolute Gasteiger partial charge is 0.252 e. The monoisotopic (exact) mass is 312 g/mol. The fourth-order valence-electron chi connectivity index (χ4n) is 2.18. The molecule has 0 bridgehead atoms. The van der Waals surface area contributed by atoms with Gasteiger partial charge < -0.3 is 0 Å². The summed E-state index contributed by atoms with van der Waals surface area (Å²) >= 11 is 0. The predicted molar refractivity (Wildman–Crippen MR) is 95.2 cm³/mol. The number of hydrazone groups is 1. The van der Waals surface area contributed by atoms with E-state index in [0.29, 0.717) is 5.95 Å². The minimum absolute atomic E-state index is 0.136. The number of rotatable bonds is 5. The Kier molecular flexibility index (Phi) is 5.32. The van der Waals surface area contributed by atoms with Gasteiger partial charge >= 0.3 is 0 Å². The van der Waals surface area contributed by atoms with E-state index in [-0.39, 0.29) is 11.0 Å². The van der Waals surface area contributed by atoms with Gasteiger partial charge in [0.15, 0.2) is 0 Å². The van der Waals surface area contributed by atoms with Gasteiger partial charge in [-0.3, -0.25) is 9.78 Å². The average molecular weight is 312 g/mol. The molecule has 0 unspecified atom stereocenters. The molecule has 0 spiro atoms. The highest BCUT2D eigenvalue weighted by Gasteiger charge is 2.12. The number of hydrogen-bond donors (Lipinski definition) is 2. The van der Waals surface area contributed by atoms with Crippen LogP contribution in [0, 0.1) is 0 Å². The van der Waals surface area contributed by atoms with Crippen molar-refractivity contribution in [2.75, 3.05) is 5.43 Å². The Labute approximate surface area is 136 Å². The van der Waals surface area contributed by atoms with Crippen LogP contribution in [0.2, 0.25) is 0 Å². The highest BCUT2D eigenvalue weighted by Crippen LogP contribution is 2.21. The first-order valence-corrected chi connectivity index (χ1v) is 7.88. The molecule has 2 N–H and O–H groups in total. The van der Waals surface area contributed by atoms with E-state index >= 15 is 0 Å². The van der Waals surface area contributed by atoms with E-state index in [1.54, 1.807) is 6.21 Å². The highest BCUT2D eigenvalue weighted by molar-refractivity contribution is 5.80. The van der Waals surface area contributed by atoms with E-state index < -0.39 is 0 Å². The van der Waals surface area contributed by atoms with E-state index in [1.165, 1.54) is 11.6 Å². The molecule has 23 heavy (non-hydrogen) atoms. The van der Waals surface area contributed by atoms with Crippen LogP contribution in [0.15, 0.2) is 40.2 Å². The summed E-state index contributed by atoms with van der Waals surface area (Å²) in [6, 6.07) is 9.77. The zero-order valence-electron chi connectivity index (χ0n) is 14.2.